The second-order valence-electron chi connectivity index (χ2n) is 6.58. The summed E-state index contributed by atoms with van der Waals surface area (Å²) < 4.78 is 0. The Bertz CT molecular complexity index is 874. The number of pyridine rings is 1. The van der Waals surface area contributed by atoms with Gasteiger partial charge in [0.1, 0.15) is 0 Å². The van der Waals surface area contributed by atoms with E-state index in [9.17, 15) is 0 Å². The number of nitrogens with zero attached hydrogens (tertiary/aromatic N) is 1. The average molecular weight is 295 g/mol. The van der Waals surface area contributed by atoms with Gasteiger partial charge in [-0.2, -0.15) is 0 Å². The molecule has 1 heteroatoms. The molecular weight excluding hydrogens is 278 g/mol. The van der Waals surface area contributed by atoms with Crippen LogP contribution in [0.1, 0.15) is 40.2 Å². The van der Waals surface area contributed by atoms with Gasteiger partial charge in [0.25, 0.3) is 0 Å². The first-order chi connectivity index (χ1) is 11.3. The van der Waals surface area contributed by atoms with Crippen molar-refractivity contribution in [1.82, 2.24) is 4.98 Å². The molecule has 1 aromatic heterocycles. The van der Waals surface area contributed by atoms with Crippen LogP contribution in [-0.4, -0.2) is 4.98 Å². The van der Waals surface area contributed by atoms with Crippen LogP contribution < -0.4 is 0 Å². The van der Waals surface area contributed by atoms with E-state index in [0.29, 0.717) is 5.92 Å². The van der Waals surface area contributed by atoms with Gasteiger partial charge in [-0.05, 0) is 57.9 Å². The topological polar surface area (TPSA) is 12.9 Å². The van der Waals surface area contributed by atoms with E-state index in [2.05, 4.69) is 72.2 Å². The molecule has 1 saturated carbocycles. The fourth-order valence-corrected chi connectivity index (χ4v) is 4.42. The summed E-state index contributed by atoms with van der Waals surface area (Å²) in [4.78, 5) is 4.18. The van der Waals surface area contributed by atoms with Crippen molar-refractivity contribution in [3.8, 4) is 0 Å². The smallest absolute Gasteiger partial charge is 0.0290 e. The molecule has 5 rings (SSSR count). The molecule has 1 spiro atoms. The first-order valence-electron chi connectivity index (χ1n) is 8.11. The van der Waals surface area contributed by atoms with Gasteiger partial charge in [-0.1, -0.05) is 55.1 Å². The molecule has 3 aromatic rings. The summed E-state index contributed by atoms with van der Waals surface area (Å²) in [6, 6.07) is 21.9. The SMILES string of the molecule is C=C1c2ccccc2C2(CC2c2ccncc2)c2ccccc21. The highest BCUT2D eigenvalue weighted by Crippen LogP contribution is 2.68. The molecule has 2 aliphatic rings. The third-order valence-corrected chi connectivity index (χ3v) is 5.53. The average Bonchev–Trinajstić information content (AvgIpc) is 3.37. The highest BCUT2D eigenvalue weighted by molar-refractivity contribution is 5.88. The molecule has 110 valence electrons. The Balaban J connectivity index is 1.78. The van der Waals surface area contributed by atoms with Crippen LogP contribution in [0.4, 0.5) is 0 Å². The predicted molar refractivity (Wildman–Crippen MR) is 93.4 cm³/mol. The van der Waals surface area contributed by atoms with E-state index in [-0.39, 0.29) is 5.41 Å². The van der Waals surface area contributed by atoms with Gasteiger partial charge in [-0.3, -0.25) is 4.98 Å². The lowest BCUT2D eigenvalue weighted by Crippen LogP contribution is -2.20. The lowest BCUT2D eigenvalue weighted by molar-refractivity contribution is 0.786. The quantitative estimate of drug-likeness (QED) is 0.620. The van der Waals surface area contributed by atoms with Crippen LogP contribution in [0.25, 0.3) is 5.57 Å². The Morgan fingerprint density at radius 2 is 1.39 bits per heavy atom. The largest absolute Gasteiger partial charge is 0.265 e. The maximum absolute atomic E-state index is 4.38. The fraction of sp³-hybridized carbons (Fsp3) is 0.136. The minimum atomic E-state index is 0.107. The zero-order valence-corrected chi connectivity index (χ0v) is 12.9. The highest BCUT2D eigenvalue weighted by Gasteiger charge is 2.60. The minimum absolute atomic E-state index is 0.107. The number of hydrogen-bond acceptors (Lipinski definition) is 1. The van der Waals surface area contributed by atoms with Crippen LogP contribution in [0.3, 0.4) is 0 Å². The zero-order chi connectivity index (χ0) is 15.4. The van der Waals surface area contributed by atoms with Crippen LogP contribution in [0.15, 0.2) is 79.6 Å². The molecule has 0 amide bonds. The van der Waals surface area contributed by atoms with E-state index >= 15 is 0 Å². The molecule has 1 fully saturated rings. The second-order valence-corrected chi connectivity index (χ2v) is 6.58. The van der Waals surface area contributed by atoms with Crippen molar-refractivity contribution in [2.45, 2.75) is 17.8 Å². The number of rotatable bonds is 1. The predicted octanol–water partition coefficient (Wildman–Crippen LogP) is 4.93. The van der Waals surface area contributed by atoms with E-state index in [1.807, 2.05) is 12.4 Å². The molecule has 0 saturated heterocycles. The van der Waals surface area contributed by atoms with E-state index in [4.69, 9.17) is 0 Å². The lowest BCUT2D eigenvalue weighted by Gasteiger charge is -2.31. The fourth-order valence-electron chi connectivity index (χ4n) is 4.42. The van der Waals surface area contributed by atoms with Gasteiger partial charge >= 0.3 is 0 Å². The summed E-state index contributed by atoms with van der Waals surface area (Å²) in [6.45, 7) is 4.38. The molecule has 0 N–H and O–H groups in total. The van der Waals surface area contributed by atoms with E-state index < -0.39 is 0 Å². The van der Waals surface area contributed by atoms with Crippen LogP contribution in [-0.2, 0) is 5.41 Å². The Labute approximate surface area is 136 Å². The Morgan fingerprint density at radius 1 is 0.826 bits per heavy atom. The normalized spacial score (nSPS) is 20.0. The van der Waals surface area contributed by atoms with Crippen molar-refractivity contribution in [1.29, 1.82) is 0 Å². The third-order valence-electron chi connectivity index (χ3n) is 5.53. The number of benzene rings is 2. The summed E-state index contributed by atoms with van der Waals surface area (Å²) in [5.41, 5.74) is 8.14. The monoisotopic (exact) mass is 295 g/mol. The van der Waals surface area contributed by atoms with E-state index in [1.165, 1.54) is 34.2 Å². The van der Waals surface area contributed by atoms with Gasteiger partial charge in [-0.25, -0.2) is 0 Å². The van der Waals surface area contributed by atoms with Crippen LogP contribution in [0, 0.1) is 0 Å². The lowest BCUT2D eigenvalue weighted by atomic mass is 9.72. The van der Waals surface area contributed by atoms with Crippen molar-refractivity contribution < 1.29 is 0 Å². The summed E-state index contributed by atoms with van der Waals surface area (Å²) in [5, 5.41) is 0. The standard InChI is InChI=1S/C22H17N/c1-15-17-6-2-4-8-19(17)22(20-9-5-3-7-18(15)20)14-21(22)16-10-12-23-13-11-16/h2-13,21H,1,14H2. The van der Waals surface area contributed by atoms with Gasteiger partial charge in [0.15, 0.2) is 0 Å². The molecule has 1 heterocycles. The summed E-state index contributed by atoms with van der Waals surface area (Å²) >= 11 is 0. The highest BCUT2D eigenvalue weighted by atomic mass is 14.6. The first kappa shape index (κ1) is 12.8. The maximum atomic E-state index is 4.38. The summed E-state index contributed by atoms with van der Waals surface area (Å²) in [6.07, 6.45) is 4.97. The van der Waals surface area contributed by atoms with Gasteiger partial charge in [0.2, 0.25) is 0 Å². The van der Waals surface area contributed by atoms with Crippen molar-refractivity contribution in [2.24, 2.45) is 0 Å². The number of fused-ring (bicyclic) bond motifs is 4. The van der Waals surface area contributed by atoms with E-state index in [1.54, 1.807) is 0 Å². The van der Waals surface area contributed by atoms with Crippen molar-refractivity contribution in [3.63, 3.8) is 0 Å². The van der Waals surface area contributed by atoms with Gasteiger partial charge in [-0.15, -0.1) is 0 Å². The Kier molecular flexibility index (Phi) is 2.47. The maximum Gasteiger partial charge on any atom is 0.0290 e. The minimum Gasteiger partial charge on any atom is -0.265 e. The van der Waals surface area contributed by atoms with Crippen LogP contribution in [0.5, 0.6) is 0 Å². The molecule has 1 atom stereocenters. The second kappa shape index (κ2) is 4.42. The van der Waals surface area contributed by atoms with Crippen molar-refractivity contribution in [2.75, 3.05) is 0 Å². The molecule has 0 radical (unpaired) electrons. The zero-order valence-electron chi connectivity index (χ0n) is 12.9. The summed E-state index contributed by atoms with van der Waals surface area (Å²) in [7, 11) is 0. The molecule has 2 aliphatic carbocycles. The molecule has 0 aliphatic heterocycles. The summed E-state index contributed by atoms with van der Waals surface area (Å²) in [5.74, 6) is 0.529. The van der Waals surface area contributed by atoms with Crippen LogP contribution >= 0.6 is 0 Å². The Hall–Kier alpha value is -2.67. The molecule has 0 bridgehead atoms. The van der Waals surface area contributed by atoms with Crippen molar-refractivity contribution >= 4 is 5.57 Å². The molecule has 1 nitrogen and oxygen atoms in total. The van der Waals surface area contributed by atoms with E-state index in [0.717, 1.165) is 5.57 Å². The number of aromatic nitrogens is 1. The van der Waals surface area contributed by atoms with Gasteiger partial charge in [0.05, 0.1) is 0 Å². The molecule has 2 aromatic carbocycles. The molecule has 23 heavy (non-hydrogen) atoms. The molecule has 1 unspecified atom stereocenters. The van der Waals surface area contributed by atoms with Crippen LogP contribution in [0.2, 0.25) is 0 Å². The number of hydrogen-bond donors (Lipinski definition) is 0. The van der Waals surface area contributed by atoms with Gasteiger partial charge in [0, 0.05) is 17.8 Å². The van der Waals surface area contributed by atoms with Crippen molar-refractivity contribution in [3.05, 3.63) is 107 Å². The molecular formula is C22H17N. The first-order valence-corrected chi connectivity index (χ1v) is 8.11. The third kappa shape index (κ3) is 1.60. The Morgan fingerprint density at radius 3 is 2.00 bits per heavy atom. The van der Waals surface area contributed by atoms with Gasteiger partial charge < -0.3 is 0 Å².